The molecule has 0 fully saturated rings. The zero-order chi connectivity index (χ0) is 20.9. The highest BCUT2D eigenvalue weighted by Crippen LogP contribution is 2.44. The summed E-state index contributed by atoms with van der Waals surface area (Å²) in [5, 5.41) is 12.4. The van der Waals surface area contributed by atoms with Gasteiger partial charge < -0.3 is 15.2 Å². The number of ether oxygens (including phenoxy) is 1. The van der Waals surface area contributed by atoms with Crippen LogP contribution in [0.4, 0.5) is 9.18 Å². The number of phenols is 1. The number of halogens is 1. The predicted molar refractivity (Wildman–Crippen MR) is 115 cm³/mol. The van der Waals surface area contributed by atoms with Crippen LogP contribution in [0, 0.1) is 5.82 Å². The lowest BCUT2D eigenvalue weighted by molar-refractivity contribution is 0.143. The van der Waals surface area contributed by atoms with E-state index in [4.69, 9.17) is 4.74 Å². The number of benzene rings is 3. The normalized spacial score (nSPS) is 12.6. The Morgan fingerprint density at radius 2 is 1.67 bits per heavy atom. The van der Waals surface area contributed by atoms with Crippen molar-refractivity contribution < 1.29 is 19.0 Å². The number of hydrogen-bond acceptors (Lipinski definition) is 3. The van der Waals surface area contributed by atoms with Crippen molar-refractivity contribution in [2.75, 3.05) is 13.2 Å². The molecule has 1 aliphatic rings. The van der Waals surface area contributed by atoms with Crippen molar-refractivity contribution >= 4 is 12.2 Å². The zero-order valence-electron chi connectivity index (χ0n) is 16.3. The number of hydrogen-bond donors (Lipinski definition) is 2. The van der Waals surface area contributed by atoms with Gasteiger partial charge in [0, 0.05) is 18.0 Å². The van der Waals surface area contributed by atoms with E-state index in [1.165, 1.54) is 34.4 Å². The number of alkyl carbamates (subject to hydrolysis) is 1. The molecule has 0 heterocycles. The first-order valence-corrected chi connectivity index (χ1v) is 9.88. The van der Waals surface area contributed by atoms with Gasteiger partial charge in [-0.1, -0.05) is 72.8 Å². The molecule has 0 bridgehead atoms. The molecule has 2 N–H and O–H groups in total. The van der Waals surface area contributed by atoms with Crippen LogP contribution in [0.5, 0.6) is 5.75 Å². The van der Waals surface area contributed by atoms with Crippen molar-refractivity contribution in [1.82, 2.24) is 5.32 Å². The van der Waals surface area contributed by atoms with Gasteiger partial charge in [-0.25, -0.2) is 9.18 Å². The van der Waals surface area contributed by atoms with Gasteiger partial charge in [-0.2, -0.15) is 0 Å². The van der Waals surface area contributed by atoms with E-state index in [0.29, 0.717) is 18.5 Å². The molecule has 0 unspecified atom stereocenters. The van der Waals surface area contributed by atoms with Crippen molar-refractivity contribution in [2.24, 2.45) is 0 Å². The van der Waals surface area contributed by atoms with E-state index < -0.39 is 11.9 Å². The fourth-order valence-corrected chi connectivity index (χ4v) is 3.78. The maximum absolute atomic E-state index is 13.3. The lowest BCUT2D eigenvalue weighted by atomic mass is 9.98. The molecule has 0 spiro atoms. The molecule has 0 aliphatic heterocycles. The van der Waals surface area contributed by atoms with Crippen LogP contribution < -0.4 is 5.32 Å². The van der Waals surface area contributed by atoms with Gasteiger partial charge in [0.1, 0.15) is 6.61 Å². The molecule has 4 nitrogen and oxygen atoms in total. The summed E-state index contributed by atoms with van der Waals surface area (Å²) in [6.07, 6.45) is 3.44. The molecule has 4 rings (SSSR count). The Labute approximate surface area is 174 Å². The highest BCUT2D eigenvalue weighted by atomic mass is 19.1. The van der Waals surface area contributed by atoms with Crippen molar-refractivity contribution in [3.05, 3.63) is 95.3 Å². The second kappa shape index (κ2) is 8.82. The van der Waals surface area contributed by atoms with Gasteiger partial charge in [0.2, 0.25) is 0 Å². The number of para-hydroxylation sites is 1. The molecule has 0 saturated carbocycles. The van der Waals surface area contributed by atoms with Gasteiger partial charge >= 0.3 is 6.09 Å². The van der Waals surface area contributed by atoms with Crippen molar-refractivity contribution in [2.45, 2.75) is 12.3 Å². The molecule has 0 radical (unpaired) electrons. The minimum Gasteiger partial charge on any atom is -0.504 e. The third-order valence-corrected chi connectivity index (χ3v) is 5.24. The van der Waals surface area contributed by atoms with E-state index >= 15 is 0 Å². The first-order valence-electron chi connectivity index (χ1n) is 9.88. The minimum absolute atomic E-state index is 0.0269. The SMILES string of the molecule is O=C(NCCC=Cc1cccc(F)c1O)OCC1c2ccccc2-c2ccccc21. The molecule has 3 aromatic carbocycles. The number of carbonyl (C=O) groups is 1. The van der Waals surface area contributed by atoms with Crippen LogP contribution in [0.3, 0.4) is 0 Å². The summed E-state index contributed by atoms with van der Waals surface area (Å²) in [6.45, 7) is 0.649. The van der Waals surface area contributed by atoms with E-state index in [1.807, 2.05) is 24.3 Å². The van der Waals surface area contributed by atoms with E-state index in [0.717, 1.165) is 0 Å². The maximum Gasteiger partial charge on any atom is 0.407 e. The average Bonchev–Trinajstić information content (AvgIpc) is 3.09. The Kier molecular flexibility index (Phi) is 5.80. The third kappa shape index (κ3) is 4.06. The summed E-state index contributed by atoms with van der Waals surface area (Å²) in [7, 11) is 0. The van der Waals surface area contributed by atoms with Crippen LogP contribution in [0.2, 0.25) is 0 Å². The number of carbonyl (C=O) groups excluding carboxylic acids is 1. The molecular formula is C25H22FNO3. The molecule has 152 valence electrons. The molecular weight excluding hydrogens is 381 g/mol. The van der Waals surface area contributed by atoms with Gasteiger partial charge in [-0.05, 0) is 34.7 Å². The highest BCUT2D eigenvalue weighted by Gasteiger charge is 2.28. The number of aromatic hydroxyl groups is 1. The monoisotopic (exact) mass is 403 g/mol. The molecule has 30 heavy (non-hydrogen) atoms. The molecule has 0 aromatic heterocycles. The van der Waals surface area contributed by atoms with Crippen molar-refractivity contribution in [3.63, 3.8) is 0 Å². The lowest BCUT2D eigenvalue weighted by Crippen LogP contribution is -2.26. The topological polar surface area (TPSA) is 58.6 Å². The second-order valence-corrected chi connectivity index (χ2v) is 7.12. The number of amides is 1. The van der Waals surface area contributed by atoms with Crippen LogP contribution in [0.1, 0.15) is 29.0 Å². The van der Waals surface area contributed by atoms with Gasteiger partial charge in [-0.3, -0.25) is 0 Å². The fraction of sp³-hybridized carbons (Fsp3) is 0.160. The number of phenolic OH excluding ortho intramolecular Hbond substituents is 1. The van der Waals surface area contributed by atoms with Gasteiger partial charge in [0.25, 0.3) is 0 Å². The van der Waals surface area contributed by atoms with Crippen molar-refractivity contribution in [1.29, 1.82) is 0 Å². The molecule has 0 saturated heterocycles. The largest absolute Gasteiger partial charge is 0.504 e. The van der Waals surface area contributed by atoms with E-state index in [1.54, 1.807) is 18.2 Å². The minimum atomic E-state index is -0.658. The maximum atomic E-state index is 13.3. The van der Waals surface area contributed by atoms with Gasteiger partial charge in [0.05, 0.1) is 0 Å². The van der Waals surface area contributed by atoms with Crippen LogP contribution in [-0.4, -0.2) is 24.4 Å². The first-order chi connectivity index (χ1) is 14.6. The Hall–Kier alpha value is -3.60. The highest BCUT2D eigenvalue weighted by molar-refractivity contribution is 5.79. The molecule has 0 atom stereocenters. The Balaban J connectivity index is 1.28. The summed E-state index contributed by atoms with van der Waals surface area (Å²) in [6, 6.07) is 20.7. The summed E-state index contributed by atoms with van der Waals surface area (Å²) < 4.78 is 18.8. The standard InChI is InChI=1S/C25H22FNO3/c26-23-14-7-9-17(24(23)28)8-5-6-15-27-25(29)30-16-22-20-12-3-1-10-18(20)19-11-2-4-13-21(19)22/h1-5,7-14,22,28H,6,15-16H2,(H,27,29). The number of nitrogens with one attached hydrogen (secondary N) is 1. The van der Waals surface area contributed by atoms with E-state index in [-0.39, 0.29) is 18.3 Å². The second-order valence-electron chi connectivity index (χ2n) is 7.12. The summed E-state index contributed by atoms with van der Waals surface area (Å²) in [4.78, 5) is 12.1. The fourth-order valence-electron chi connectivity index (χ4n) is 3.78. The summed E-state index contributed by atoms with van der Waals surface area (Å²) >= 11 is 0. The Morgan fingerprint density at radius 1 is 1.00 bits per heavy atom. The molecule has 1 aliphatic carbocycles. The predicted octanol–water partition coefficient (Wildman–Crippen LogP) is 5.47. The third-order valence-electron chi connectivity index (χ3n) is 5.24. The quantitative estimate of drug-likeness (QED) is 0.536. The van der Waals surface area contributed by atoms with Gasteiger partial charge in [0.15, 0.2) is 11.6 Å². The number of rotatable bonds is 6. The van der Waals surface area contributed by atoms with Crippen molar-refractivity contribution in [3.8, 4) is 16.9 Å². The zero-order valence-corrected chi connectivity index (χ0v) is 16.3. The lowest BCUT2D eigenvalue weighted by Gasteiger charge is -2.14. The van der Waals surface area contributed by atoms with Crippen LogP contribution in [-0.2, 0) is 4.74 Å². The Morgan fingerprint density at radius 3 is 2.37 bits per heavy atom. The van der Waals surface area contributed by atoms with Crippen LogP contribution in [0.25, 0.3) is 17.2 Å². The van der Waals surface area contributed by atoms with Gasteiger partial charge in [-0.15, -0.1) is 0 Å². The average molecular weight is 403 g/mol. The van der Waals surface area contributed by atoms with E-state index in [2.05, 4.69) is 29.6 Å². The smallest absolute Gasteiger partial charge is 0.407 e. The molecule has 1 amide bonds. The Bertz CT molecular complexity index is 1050. The van der Waals surface area contributed by atoms with Crippen LogP contribution >= 0.6 is 0 Å². The molecule has 3 aromatic rings. The summed E-state index contributed by atoms with van der Waals surface area (Å²) in [5.41, 5.74) is 5.12. The van der Waals surface area contributed by atoms with E-state index in [9.17, 15) is 14.3 Å². The number of fused-ring (bicyclic) bond motifs is 3. The summed E-state index contributed by atoms with van der Waals surface area (Å²) in [5.74, 6) is -1.01. The molecule has 5 heteroatoms. The van der Waals surface area contributed by atoms with Crippen LogP contribution in [0.15, 0.2) is 72.8 Å². The first kappa shape index (κ1) is 19.7.